The normalized spacial score (nSPS) is 12.8. The van der Waals surface area contributed by atoms with Gasteiger partial charge in [0.05, 0.1) is 22.3 Å². The van der Waals surface area contributed by atoms with Crippen LogP contribution in [0.2, 0.25) is 5.02 Å². The van der Waals surface area contributed by atoms with Gasteiger partial charge in [0, 0.05) is 17.8 Å². The Hall–Kier alpha value is -2.69. The molecule has 26 heavy (non-hydrogen) atoms. The summed E-state index contributed by atoms with van der Waals surface area (Å²) in [4.78, 5) is 8.96. The number of hydrogen-bond acceptors (Lipinski definition) is 5. The Morgan fingerprint density at radius 3 is 2.96 bits per heavy atom. The lowest BCUT2D eigenvalue weighted by molar-refractivity contribution is 0.286. The van der Waals surface area contributed by atoms with Crippen LogP contribution in [0.15, 0.2) is 46.1 Å². The predicted molar refractivity (Wildman–Crippen MR) is 101 cm³/mol. The zero-order valence-electron chi connectivity index (χ0n) is 13.6. The Morgan fingerprint density at radius 2 is 2.19 bits per heavy atom. The van der Waals surface area contributed by atoms with Gasteiger partial charge in [0.15, 0.2) is 5.82 Å². The van der Waals surface area contributed by atoms with Crippen LogP contribution in [0.4, 0.5) is 5.69 Å². The first-order valence-corrected chi connectivity index (χ1v) is 8.86. The zero-order valence-corrected chi connectivity index (χ0v) is 15.9. The molecule has 1 aliphatic heterocycles. The molecule has 0 fully saturated rings. The second kappa shape index (κ2) is 6.56. The fraction of sp³-hybridized carbons (Fsp3) is 0.111. The predicted octanol–water partition coefficient (Wildman–Crippen LogP) is 4.47. The minimum Gasteiger partial charge on any atom is -0.471 e. The van der Waals surface area contributed by atoms with Gasteiger partial charge in [-0.1, -0.05) is 11.6 Å². The van der Waals surface area contributed by atoms with Crippen LogP contribution in [0.5, 0.6) is 0 Å². The van der Waals surface area contributed by atoms with E-state index in [0.29, 0.717) is 39.2 Å². The van der Waals surface area contributed by atoms with Gasteiger partial charge in [0.25, 0.3) is 0 Å². The minimum atomic E-state index is 0.323. The first-order chi connectivity index (χ1) is 12.6. The first kappa shape index (κ1) is 16.8. The number of aliphatic imine (C=N–C) groups is 1. The molecule has 0 radical (unpaired) electrons. The maximum absolute atomic E-state index is 9.12. The Kier molecular flexibility index (Phi) is 4.23. The number of fused-ring (bicyclic) bond motifs is 1. The quantitative estimate of drug-likeness (QED) is 0.603. The summed E-state index contributed by atoms with van der Waals surface area (Å²) in [7, 11) is 0. The van der Waals surface area contributed by atoms with Crippen LogP contribution in [-0.4, -0.2) is 20.7 Å². The van der Waals surface area contributed by atoms with Gasteiger partial charge in [0.1, 0.15) is 16.9 Å². The molecule has 0 amide bonds. The van der Waals surface area contributed by atoms with E-state index in [1.807, 2.05) is 13.0 Å². The molecule has 0 N–H and O–H groups in total. The van der Waals surface area contributed by atoms with Crippen LogP contribution < -0.4 is 0 Å². The molecule has 3 heterocycles. The molecule has 0 aliphatic carbocycles. The van der Waals surface area contributed by atoms with Crippen LogP contribution in [0.3, 0.4) is 0 Å². The van der Waals surface area contributed by atoms with E-state index in [1.54, 1.807) is 35.1 Å². The molecule has 0 bridgehead atoms. The van der Waals surface area contributed by atoms with E-state index in [1.165, 1.54) is 0 Å². The van der Waals surface area contributed by atoms with Crippen LogP contribution in [0, 0.1) is 18.3 Å². The van der Waals surface area contributed by atoms with Crippen molar-refractivity contribution in [2.75, 3.05) is 0 Å². The molecule has 2 aromatic heterocycles. The molecule has 8 heteroatoms. The average Bonchev–Trinajstić information content (AvgIpc) is 3.03. The largest absolute Gasteiger partial charge is 0.471 e. The Balaban J connectivity index is 1.86. The van der Waals surface area contributed by atoms with E-state index >= 15 is 0 Å². The minimum absolute atomic E-state index is 0.323. The van der Waals surface area contributed by atoms with Gasteiger partial charge in [-0.05, 0) is 52.7 Å². The summed E-state index contributed by atoms with van der Waals surface area (Å²) in [6.45, 7) is 2.25. The number of aromatic nitrogens is 3. The van der Waals surface area contributed by atoms with E-state index in [0.717, 1.165) is 16.8 Å². The summed E-state index contributed by atoms with van der Waals surface area (Å²) in [6, 6.07) is 11.1. The lowest BCUT2D eigenvalue weighted by Gasteiger charge is -2.19. The maximum atomic E-state index is 9.12. The number of halogens is 2. The molecular formula is C18H11BrClN5O. The highest BCUT2D eigenvalue weighted by atomic mass is 79.9. The monoisotopic (exact) mass is 427 g/mol. The van der Waals surface area contributed by atoms with Crippen LogP contribution >= 0.6 is 27.5 Å². The lowest BCUT2D eigenvalue weighted by atomic mass is 10.0. The molecule has 0 saturated carbocycles. The number of rotatable bonds is 2. The van der Waals surface area contributed by atoms with Crippen molar-refractivity contribution in [1.29, 1.82) is 5.26 Å². The molecule has 1 aliphatic rings. The van der Waals surface area contributed by atoms with Gasteiger partial charge in [-0.3, -0.25) is 0 Å². The van der Waals surface area contributed by atoms with E-state index in [2.05, 4.69) is 37.1 Å². The summed E-state index contributed by atoms with van der Waals surface area (Å²) in [5.74, 6) is 0.911. The van der Waals surface area contributed by atoms with Crippen molar-refractivity contribution in [3.63, 3.8) is 0 Å². The van der Waals surface area contributed by atoms with E-state index in [-0.39, 0.29) is 0 Å². The SMILES string of the molecule is Cc1cc(C#N)cc2c1N=C(c1cc(Br)nn1-c1ncccc1Cl)OC2. The van der Waals surface area contributed by atoms with Crippen molar-refractivity contribution in [2.24, 2.45) is 4.99 Å². The summed E-state index contributed by atoms with van der Waals surface area (Å²) < 4.78 is 8.05. The van der Waals surface area contributed by atoms with Crippen LogP contribution in [0.1, 0.15) is 22.4 Å². The third-order valence-electron chi connectivity index (χ3n) is 3.92. The molecule has 0 spiro atoms. The van der Waals surface area contributed by atoms with Crippen LogP contribution in [0.25, 0.3) is 5.82 Å². The standard InChI is InChI=1S/C18H11BrClN5O/c1-10-5-11(8-21)6-12-9-26-18(23-16(10)12)14-7-15(19)24-25(14)17-13(20)3-2-4-22-17/h2-7H,9H2,1H3. The number of benzene rings is 1. The highest BCUT2D eigenvalue weighted by Crippen LogP contribution is 2.32. The van der Waals surface area contributed by atoms with Crippen molar-refractivity contribution in [3.05, 3.63) is 68.5 Å². The number of ether oxygens (including phenoxy) is 1. The van der Waals surface area contributed by atoms with E-state index in [9.17, 15) is 0 Å². The van der Waals surface area contributed by atoms with Gasteiger partial charge in [-0.2, -0.15) is 10.4 Å². The fourth-order valence-corrected chi connectivity index (χ4v) is 3.37. The van der Waals surface area contributed by atoms with Crippen molar-refractivity contribution >= 4 is 39.1 Å². The Labute approximate surface area is 162 Å². The summed E-state index contributed by atoms with van der Waals surface area (Å²) in [6.07, 6.45) is 1.65. The molecule has 0 atom stereocenters. The van der Waals surface area contributed by atoms with E-state index < -0.39 is 0 Å². The van der Waals surface area contributed by atoms with Gasteiger partial charge < -0.3 is 4.74 Å². The topological polar surface area (TPSA) is 76.1 Å². The van der Waals surface area contributed by atoms with Crippen molar-refractivity contribution < 1.29 is 4.74 Å². The summed E-state index contributed by atoms with van der Waals surface area (Å²) in [5, 5.41) is 14.0. The van der Waals surface area contributed by atoms with Gasteiger partial charge >= 0.3 is 0 Å². The zero-order chi connectivity index (χ0) is 18.3. The van der Waals surface area contributed by atoms with Crippen molar-refractivity contribution in [1.82, 2.24) is 14.8 Å². The second-order valence-electron chi connectivity index (χ2n) is 5.69. The Bertz CT molecular complexity index is 1100. The van der Waals surface area contributed by atoms with Gasteiger partial charge in [0.2, 0.25) is 5.90 Å². The van der Waals surface area contributed by atoms with Crippen LogP contribution in [-0.2, 0) is 11.3 Å². The lowest BCUT2D eigenvalue weighted by Crippen LogP contribution is -2.17. The third-order valence-corrected chi connectivity index (χ3v) is 4.61. The number of aryl methyl sites for hydroxylation is 1. The van der Waals surface area contributed by atoms with Crippen molar-refractivity contribution in [2.45, 2.75) is 13.5 Å². The fourth-order valence-electron chi connectivity index (χ4n) is 2.80. The average molecular weight is 429 g/mol. The third kappa shape index (κ3) is 2.87. The smallest absolute Gasteiger partial charge is 0.241 e. The van der Waals surface area contributed by atoms with Gasteiger partial charge in [-0.25, -0.2) is 14.7 Å². The molecule has 0 saturated heterocycles. The molecule has 0 unspecified atom stereocenters. The van der Waals surface area contributed by atoms with E-state index in [4.69, 9.17) is 21.6 Å². The second-order valence-corrected chi connectivity index (χ2v) is 6.91. The molecule has 4 rings (SSSR count). The Morgan fingerprint density at radius 1 is 1.35 bits per heavy atom. The molecule has 1 aromatic carbocycles. The summed E-state index contributed by atoms with van der Waals surface area (Å²) >= 11 is 9.66. The summed E-state index contributed by atoms with van der Waals surface area (Å²) in [5.41, 5.74) is 3.83. The number of pyridine rings is 1. The van der Waals surface area contributed by atoms with Gasteiger partial charge in [-0.15, -0.1) is 0 Å². The van der Waals surface area contributed by atoms with Crippen molar-refractivity contribution in [3.8, 4) is 11.9 Å². The highest BCUT2D eigenvalue weighted by Gasteiger charge is 2.23. The number of nitrogens with zero attached hydrogens (tertiary/aromatic N) is 5. The first-order valence-electron chi connectivity index (χ1n) is 7.69. The molecule has 128 valence electrons. The molecule has 3 aromatic rings. The number of hydrogen-bond donors (Lipinski definition) is 0. The molecular weight excluding hydrogens is 418 g/mol. The highest BCUT2D eigenvalue weighted by molar-refractivity contribution is 9.10. The maximum Gasteiger partial charge on any atom is 0.241 e. The molecule has 6 nitrogen and oxygen atoms in total. The number of nitriles is 1.